The highest BCUT2D eigenvalue weighted by Gasteiger charge is 2.35. The van der Waals surface area contributed by atoms with Crippen LogP contribution in [-0.2, 0) is 16.2 Å². The number of carboxylic acid groups (broad SMARTS) is 1. The number of ether oxygens (including phenoxy) is 3. The van der Waals surface area contributed by atoms with Crippen molar-refractivity contribution in [2.75, 3.05) is 26.1 Å². The lowest BCUT2D eigenvalue weighted by atomic mass is 10.1. The van der Waals surface area contributed by atoms with Gasteiger partial charge in [-0.05, 0) is 69.5 Å². The minimum absolute atomic E-state index is 0.0174. The van der Waals surface area contributed by atoms with E-state index in [1.54, 1.807) is 48.5 Å². The number of imide groups is 1. The zero-order valence-corrected chi connectivity index (χ0v) is 23.0. The van der Waals surface area contributed by atoms with Crippen LogP contribution < -0.4 is 24.8 Å². The third kappa shape index (κ3) is 6.41. The molecular weight excluding hydrogens is 586 g/mol. The number of hydrogen-bond acceptors (Lipinski definition) is 7. The SMILES string of the molecule is COc1ccccc1NC(=O)CN1C(=O)N/C(=C/c2cc(Br)c(OCc3ccc(C(=O)O)cc3)c(OC)c2)C1=O. The number of carbonyl (C=O) groups excluding carboxylic acids is 3. The summed E-state index contributed by atoms with van der Waals surface area (Å²) in [6, 6.07) is 15.6. The minimum Gasteiger partial charge on any atom is -0.495 e. The second kappa shape index (κ2) is 12.3. The number of carbonyl (C=O) groups is 4. The number of nitrogens with zero attached hydrogens (tertiary/aromatic N) is 1. The van der Waals surface area contributed by atoms with Crippen LogP contribution in [0.25, 0.3) is 6.08 Å². The van der Waals surface area contributed by atoms with Crippen molar-refractivity contribution in [3.8, 4) is 17.2 Å². The van der Waals surface area contributed by atoms with Crippen molar-refractivity contribution in [1.29, 1.82) is 0 Å². The fourth-order valence-electron chi connectivity index (χ4n) is 3.83. The van der Waals surface area contributed by atoms with Gasteiger partial charge in [-0.25, -0.2) is 14.5 Å². The third-order valence-electron chi connectivity index (χ3n) is 5.79. The lowest BCUT2D eigenvalue weighted by Crippen LogP contribution is -2.38. The summed E-state index contributed by atoms with van der Waals surface area (Å²) in [5, 5.41) is 14.2. The van der Waals surface area contributed by atoms with Crippen LogP contribution in [0, 0.1) is 0 Å². The molecule has 0 unspecified atom stereocenters. The fraction of sp³-hybridized carbons (Fsp3) is 0.143. The minimum atomic E-state index is -1.02. The molecule has 1 saturated heterocycles. The molecule has 1 fully saturated rings. The Labute approximate surface area is 237 Å². The number of rotatable bonds is 10. The van der Waals surface area contributed by atoms with E-state index in [-0.39, 0.29) is 17.9 Å². The molecule has 4 amide bonds. The first-order valence-electron chi connectivity index (χ1n) is 11.8. The molecule has 1 heterocycles. The van der Waals surface area contributed by atoms with E-state index in [1.807, 2.05) is 0 Å². The number of aromatic carboxylic acids is 1. The maximum absolute atomic E-state index is 12.9. The van der Waals surface area contributed by atoms with Gasteiger partial charge in [-0.15, -0.1) is 0 Å². The molecule has 1 aliphatic heterocycles. The first-order valence-corrected chi connectivity index (χ1v) is 12.6. The molecule has 3 aromatic carbocycles. The van der Waals surface area contributed by atoms with Gasteiger partial charge in [0.1, 0.15) is 24.6 Å². The van der Waals surface area contributed by atoms with Gasteiger partial charge in [0.25, 0.3) is 5.91 Å². The molecule has 12 heteroatoms. The maximum Gasteiger partial charge on any atom is 0.335 e. The molecule has 0 spiro atoms. The van der Waals surface area contributed by atoms with E-state index >= 15 is 0 Å². The zero-order chi connectivity index (χ0) is 28.8. The Kier molecular flexibility index (Phi) is 8.70. The van der Waals surface area contributed by atoms with Gasteiger partial charge in [-0.2, -0.15) is 0 Å². The molecule has 0 aliphatic carbocycles. The Hall–Kier alpha value is -4.84. The number of carboxylic acids is 1. The van der Waals surface area contributed by atoms with Gasteiger partial charge in [0.05, 0.1) is 29.9 Å². The van der Waals surface area contributed by atoms with E-state index in [9.17, 15) is 19.2 Å². The van der Waals surface area contributed by atoms with E-state index in [0.717, 1.165) is 10.5 Å². The van der Waals surface area contributed by atoms with Gasteiger partial charge in [0.15, 0.2) is 11.5 Å². The monoisotopic (exact) mass is 609 g/mol. The smallest absolute Gasteiger partial charge is 0.335 e. The first kappa shape index (κ1) is 28.2. The van der Waals surface area contributed by atoms with Crippen molar-refractivity contribution in [2.45, 2.75) is 6.61 Å². The molecule has 0 bridgehead atoms. The number of anilines is 1. The summed E-state index contributed by atoms with van der Waals surface area (Å²) in [5.41, 5.74) is 1.83. The number of halogens is 1. The van der Waals surface area contributed by atoms with E-state index in [0.29, 0.717) is 33.0 Å². The summed E-state index contributed by atoms with van der Waals surface area (Å²) in [5.74, 6) is -1.07. The maximum atomic E-state index is 12.9. The standard InChI is InChI=1S/C28H24BrN3O8/c1-38-22-6-4-3-5-20(22)30-24(33)14-32-26(34)21(31-28(32)37)12-17-11-19(29)25(23(13-17)39-2)40-15-16-7-9-18(10-8-16)27(35)36/h3-13H,14-15H2,1-2H3,(H,30,33)(H,31,37)(H,35,36)/b21-12+. The molecular formula is C28H24BrN3O8. The lowest BCUT2D eigenvalue weighted by molar-refractivity contribution is -0.127. The predicted octanol–water partition coefficient (Wildman–Crippen LogP) is 4.27. The highest BCUT2D eigenvalue weighted by atomic mass is 79.9. The van der Waals surface area contributed by atoms with Crippen molar-refractivity contribution in [3.05, 3.63) is 87.5 Å². The second-order valence-corrected chi connectivity index (χ2v) is 9.31. The number of amides is 4. The lowest BCUT2D eigenvalue weighted by Gasteiger charge is -2.14. The largest absolute Gasteiger partial charge is 0.495 e. The average Bonchev–Trinajstić information content (AvgIpc) is 3.19. The van der Waals surface area contributed by atoms with Crippen molar-refractivity contribution in [2.24, 2.45) is 0 Å². The van der Waals surface area contributed by atoms with Crippen molar-refractivity contribution in [3.63, 3.8) is 0 Å². The van der Waals surface area contributed by atoms with Gasteiger partial charge in [-0.1, -0.05) is 24.3 Å². The number of methoxy groups -OCH3 is 2. The molecule has 206 valence electrons. The van der Waals surface area contributed by atoms with E-state index in [2.05, 4.69) is 26.6 Å². The Balaban J connectivity index is 1.46. The molecule has 1 aliphatic rings. The van der Waals surface area contributed by atoms with Crippen molar-refractivity contribution >= 4 is 51.5 Å². The summed E-state index contributed by atoms with van der Waals surface area (Å²) in [6.07, 6.45) is 1.46. The Bertz CT molecular complexity index is 1500. The second-order valence-electron chi connectivity index (χ2n) is 8.45. The molecule has 11 nitrogen and oxygen atoms in total. The normalized spacial score (nSPS) is 13.7. The summed E-state index contributed by atoms with van der Waals surface area (Å²) in [4.78, 5) is 49.8. The highest BCUT2D eigenvalue weighted by Crippen LogP contribution is 2.38. The molecule has 40 heavy (non-hydrogen) atoms. The van der Waals surface area contributed by atoms with Gasteiger partial charge in [0.2, 0.25) is 5.91 Å². The van der Waals surface area contributed by atoms with Crippen LogP contribution in [0.1, 0.15) is 21.5 Å². The van der Waals surface area contributed by atoms with Crippen molar-refractivity contribution in [1.82, 2.24) is 10.2 Å². The van der Waals surface area contributed by atoms with Gasteiger partial charge >= 0.3 is 12.0 Å². The first-order chi connectivity index (χ1) is 19.2. The molecule has 0 atom stereocenters. The molecule has 0 radical (unpaired) electrons. The molecule has 4 rings (SSSR count). The van der Waals surface area contributed by atoms with E-state index in [4.69, 9.17) is 19.3 Å². The van der Waals surface area contributed by atoms with Crippen LogP contribution in [0.4, 0.5) is 10.5 Å². The Morgan fingerprint density at radius 2 is 1.73 bits per heavy atom. The number of hydrogen-bond donors (Lipinski definition) is 3. The Morgan fingerprint density at radius 1 is 1.02 bits per heavy atom. The third-order valence-corrected chi connectivity index (χ3v) is 6.38. The van der Waals surface area contributed by atoms with E-state index in [1.165, 1.54) is 32.4 Å². The van der Waals surface area contributed by atoms with Crippen LogP contribution in [0.2, 0.25) is 0 Å². The molecule has 3 aromatic rings. The van der Waals surface area contributed by atoms with Crippen LogP contribution in [-0.4, -0.2) is 54.6 Å². The molecule has 3 N–H and O–H groups in total. The summed E-state index contributed by atoms with van der Waals surface area (Å²) in [7, 11) is 2.92. The summed E-state index contributed by atoms with van der Waals surface area (Å²) >= 11 is 3.45. The quantitative estimate of drug-likeness (QED) is 0.228. The highest BCUT2D eigenvalue weighted by molar-refractivity contribution is 9.10. The number of nitrogens with one attached hydrogen (secondary N) is 2. The number of para-hydroxylation sites is 2. The van der Waals surface area contributed by atoms with Crippen LogP contribution in [0.5, 0.6) is 17.2 Å². The Morgan fingerprint density at radius 3 is 2.40 bits per heavy atom. The van der Waals surface area contributed by atoms with Crippen LogP contribution >= 0.6 is 15.9 Å². The van der Waals surface area contributed by atoms with Gasteiger partial charge in [-0.3, -0.25) is 9.59 Å². The fourth-order valence-corrected chi connectivity index (χ4v) is 4.40. The number of benzene rings is 3. The average molecular weight is 610 g/mol. The van der Waals surface area contributed by atoms with Crippen molar-refractivity contribution < 1.29 is 38.5 Å². The summed E-state index contributed by atoms with van der Waals surface area (Å²) in [6.45, 7) is -0.344. The molecule has 0 saturated carbocycles. The summed E-state index contributed by atoms with van der Waals surface area (Å²) < 4.78 is 17.1. The van der Waals surface area contributed by atoms with Gasteiger partial charge in [0, 0.05) is 0 Å². The topological polar surface area (TPSA) is 144 Å². The zero-order valence-electron chi connectivity index (χ0n) is 21.4. The van der Waals surface area contributed by atoms with E-state index < -0.39 is 30.4 Å². The van der Waals surface area contributed by atoms with Gasteiger partial charge < -0.3 is 30.0 Å². The molecule has 0 aromatic heterocycles. The van der Waals surface area contributed by atoms with Crippen LogP contribution in [0.3, 0.4) is 0 Å². The predicted molar refractivity (Wildman–Crippen MR) is 148 cm³/mol. The number of urea groups is 1. The van der Waals surface area contributed by atoms with Crippen LogP contribution in [0.15, 0.2) is 70.8 Å².